The van der Waals surface area contributed by atoms with Gasteiger partial charge in [-0.3, -0.25) is 0 Å². The Labute approximate surface area is 117 Å². The SMILES string of the molecule is COc1ccc(Cl)cc1COc1cccc(C#N)c1. The molecule has 19 heavy (non-hydrogen) atoms. The predicted molar refractivity (Wildman–Crippen MR) is 73.5 cm³/mol. The molecule has 2 aromatic rings. The molecule has 2 rings (SSSR count). The standard InChI is InChI=1S/C15H12ClNO2/c1-18-15-6-5-13(16)8-12(15)10-19-14-4-2-3-11(7-14)9-17/h2-8H,10H2,1H3. The largest absolute Gasteiger partial charge is 0.496 e. The Hall–Kier alpha value is -2.18. The summed E-state index contributed by atoms with van der Waals surface area (Å²) in [6.07, 6.45) is 0. The fourth-order valence-corrected chi connectivity index (χ4v) is 1.87. The number of rotatable bonds is 4. The van der Waals surface area contributed by atoms with Crippen molar-refractivity contribution in [2.45, 2.75) is 6.61 Å². The van der Waals surface area contributed by atoms with Crippen LogP contribution in [0.3, 0.4) is 0 Å². The zero-order chi connectivity index (χ0) is 13.7. The fraction of sp³-hybridized carbons (Fsp3) is 0.133. The van der Waals surface area contributed by atoms with Crippen molar-refractivity contribution in [3.63, 3.8) is 0 Å². The number of nitriles is 1. The van der Waals surface area contributed by atoms with Crippen LogP contribution in [0.5, 0.6) is 11.5 Å². The van der Waals surface area contributed by atoms with Crippen molar-refractivity contribution >= 4 is 11.6 Å². The smallest absolute Gasteiger partial charge is 0.125 e. The first kappa shape index (κ1) is 13.3. The number of nitrogens with zero attached hydrogens (tertiary/aromatic N) is 1. The maximum absolute atomic E-state index is 8.82. The summed E-state index contributed by atoms with van der Waals surface area (Å²) in [6.45, 7) is 0.332. The molecule has 0 aromatic heterocycles. The quantitative estimate of drug-likeness (QED) is 0.851. The Morgan fingerprint density at radius 1 is 1.21 bits per heavy atom. The molecule has 0 heterocycles. The number of ether oxygens (including phenoxy) is 2. The van der Waals surface area contributed by atoms with Gasteiger partial charge in [0.2, 0.25) is 0 Å². The van der Waals surface area contributed by atoms with Gasteiger partial charge in [0.05, 0.1) is 18.7 Å². The lowest BCUT2D eigenvalue weighted by Gasteiger charge is -2.10. The van der Waals surface area contributed by atoms with E-state index in [1.54, 1.807) is 49.6 Å². The topological polar surface area (TPSA) is 42.2 Å². The second kappa shape index (κ2) is 6.12. The van der Waals surface area contributed by atoms with Gasteiger partial charge in [0, 0.05) is 10.6 Å². The Balaban J connectivity index is 2.14. The lowest BCUT2D eigenvalue weighted by atomic mass is 10.2. The van der Waals surface area contributed by atoms with Gasteiger partial charge in [0.15, 0.2) is 0 Å². The first-order chi connectivity index (χ1) is 9.22. The second-order valence-electron chi connectivity index (χ2n) is 3.88. The van der Waals surface area contributed by atoms with Gasteiger partial charge >= 0.3 is 0 Å². The fourth-order valence-electron chi connectivity index (χ4n) is 1.68. The van der Waals surface area contributed by atoms with E-state index in [1.165, 1.54) is 0 Å². The van der Waals surface area contributed by atoms with Crippen LogP contribution in [0.4, 0.5) is 0 Å². The molecule has 96 valence electrons. The molecule has 0 aliphatic carbocycles. The van der Waals surface area contributed by atoms with Crippen LogP contribution in [-0.2, 0) is 6.61 Å². The highest BCUT2D eigenvalue weighted by Gasteiger charge is 2.05. The monoisotopic (exact) mass is 273 g/mol. The van der Waals surface area contributed by atoms with Crippen molar-refractivity contribution in [1.82, 2.24) is 0 Å². The molecule has 2 aromatic carbocycles. The van der Waals surface area contributed by atoms with Crippen molar-refractivity contribution in [3.8, 4) is 17.6 Å². The van der Waals surface area contributed by atoms with E-state index in [4.69, 9.17) is 26.3 Å². The maximum atomic E-state index is 8.82. The van der Waals surface area contributed by atoms with E-state index in [2.05, 4.69) is 6.07 Å². The number of hydrogen-bond donors (Lipinski definition) is 0. The van der Waals surface area contributed by atoms with Gasteiger partial charge in [-0.05, 0) is 36.4 Å². The van der Waals surface area contributed by atoms with E-state index in [-0.39, 0.29) is 0 Å². The van der Waals surface area contributed by atoms with Crippen LogP contribution in [0, 0.1) is 11.3 Å². The summed E-state index contributed by atoms with van der Waals surface area (Å²) in [6, 6.07) is 14.4. The van der Waals surface area contributed by atoms with Gasteiger partial charge in [-0.2, -0.15) is 5.26 Å². The molecule has 0 bridgehead atoms. The number of methoxy groups -OCH3 is 1. The van der Waals surface area contributed by atoms with E-state index in [1.807, 2.05) is 0 Å². The first-order valence-electron chi connectivity index (χ1n) is 5.68. The van der Waals surface area contributed by atoms with Gasteiger partial charge in [-0.1, -0.05) is 17.7 Å². The van der Waals surface area contributed by atoms with Gasteiger partial charge in [0.1, 0.15) is 18.1 Å². The molecule has 0 saturated heterocycles. The minimum atomic E-state index is 0.332. The van der Waals surface area contributed by atoms with E-state index in [0.29, 0.717) is 22.9 Å². The minimum absolute atomic E-state index is 0.332. The molecular formula is C15H12ClNO2. The number of hydrogen-bond acceptors (Lipinski definition) is 3. The Bertz CT molecular complexity index is 620. The summed E-state index contributed by atoms with van der Waals surface area (Å²) in [5.41, 5.74) is 1.42. The van der Waals surface area contributed by atoms with Crippen LogP contribution in [-0.4, -0.2) is 7.11 Å². The molecule has 0 aliphatic rings. The molecular weight excluding hydrogens is 262 g/mol. The highest BCUT2D eigenvalue weighted by atomic mass is 35.5. The van der Waals surface area contributed by atoms with Gasteiger partial charge in [-0.15, -0.1) is 0 Å². The first-order valence-corrected chi connectivity index (χ1v) is 6.06. The number of halogens is 1. The zero-order valence-corrected chi connectivity index (χ0v) is 11.1. The number of benzene rings is 2. The molecule has 0 saturated carbocycles. The van der Waals surface area contributed by atoms with Crippen molar-refractivity contribution in [3.05, 3.63) is 58.6 Å². The van der Waals surface area contributed by atoms with Crippen molar-refractivity contribution in [1.29, 1.82) is 5.26 Å². The third kappa shape index (κ3) is 3.40. The zero-order valence-electron chi connectivity index (χ0n) is 10.4. The van der Waals surface area contributed by atoms with Gasteiger partial charge in [0.25, 0.3) is 0 Å². The maximum Gasteiger partial charge on any atom is 0.125 e. The predicted octanol–water partition coefficient (Wildman–Crippen LogP) is 3.80. The summed E-state index contributed by atoms with van der Waals surface area (Å²) in [5, 5.41) is 9.45. The minimum Gasteiger partial charge on any atom is -0.496 e. The molecule has 0 atom stereocenters. The molecule has 0 spiro atoms. The molecule has 0 aliphatic heterocycles. The molecule has 4 heteroatoms. The average molecular weight is 274 g/mol. The highest BCUT2D eigenvalue weighted by Crippen LogP contribution is 2.24. The van der Waals surface area contributed by atoms with Crippen LogP contribution >= 0.6 is 11.6 Å². The van der Waals surface area contributed by atoms with Crippen molar-refractivity contribution in [2.24, 2.45) is 0 Å². The van der Waals surface area contributed by atoms with Crippen LogP contribution in [0.15, 0.2) is 42.5 Å². The van der Waals surface area contributed by atoms with Crippen LogP contribution in [0.1, 0.15) is 11.1 Å². The van der Waals surface area contributed by atoms with Crippen molar-refractivity contribution in [2.75, 3.05) is 7.11 Å². The molecule has 0 amide bonds. The van der Waals surface area contributed by atoms with Crippen molar-refractivity contribution < 1.29 is 9.47 Å². The second-order valence-corrected chi connectivity index (χ2v) is 4.32. The summed E-state index contributed by atoms with van der Waals surface area (Å²) < 4.78 is 10.9. The lowest BCUT2D eigenvalue weighted by molar-refractivity contribution is 0.296. The van der Waals surface area contributed by atoms with Gasteiger partial charge < -0.3 is 9.47 Å². The molecule has 0 unspecified atom stereocenters. The molecule has 0 radical (unpaired) electrons. The Morgan fingerprint density at radius 2 is 2.05 bits per heavy atom. The summed E-state index contributed by atoms with van der Waals surface area (Å²) >= 11 is 5.95. The van der Waals surface area contributed by atoms with Crippen LogP contribution < -0.4 is 9.47 Å². The molecule has 0 N–H and O–H groups in total. The molecule has 3 nitrogen and oxygen atoms in total. The third-order valence-electron chi connectivity index (χ3n) is 2.60. The summed E-state index contributed by atoms with van der Waals surface area (Å²) in [7, 11) is 1.60. The van der Waals surface area contributed by atoms with E-state index in [9.17, 15) is 0 Å². The van der Waals surface area contributed by atoms with Crippen LogP contribution in [0.2, 0.25) is 5.02 Å². The Kier molecular flexibility index (Phi) is 4.27. The third-order valence-corrected chi connectivity index (χ3v) is 2.84. The van der Waals surface area contributed by atoms with Gasteiger partial charge in [-0.25, -0.2) is 0 Å². The van der Waals surface area contributed by atoms with E-state index < -0.39 is 0 Å². The van der Waals surface area contributed by atoms with E-state index in [0.717, 1.165) is 11.3 Å². The lowest BCUT2D eigenvalue weighted by Crippen LogP contribution is -1.99. The highest BCUT2D eigenvalue weighted by molar-refractivity contribution is 6.30. The Morgan fingerprint density at radius 3 is 2.79 bits per heavy atom. The molecule has 0 fully saturated rings. The summed E-state index contributed by atoms with van der Waals surface area (Å²) in [5.74, 6) is 1.36. The normalized spacial score (nSPS) is 9.74. The van der Waals surface area contributed by atoms with Crippen LogP contribution in [0.25, 0.3) is 0 Å². The summed E-state index contributed by atoms with van der Waals surface area (Å²) in [4.78, 5) is 0. The average Bonchev–Trinajstić information content (AvgIpc) is 2.45. The van der Waals surface area contributed by atoms with E-state index >= 15 is 0 Å².